The van der Waals surface area contributed by atoms with Gasteiger partial charge in [-0.25, -0.2) is 0 Å². The van der Waals surface area contributed by atoms with Crippen molar-refractivity contribution >= 4 is 11.9 Å². The summed E-state index contributed by atoms with van der Waals surface area (Å²) in [6.45, 7) is 9.15. The Morgan fingerprint density at radius 3 is 2.44 bits per heavy atom. The van der Waals surface area contributed by atoms with Gasteiger partial charge in [-0.15, -0.1) is 0 Å². The summed E-state index contributed by atoms with van der Waals surface area (Å²) >= 11 is 0. The lowest BCUT2D eigenvalue weighted by atomic mass is 10.0. The lowest BCUT2D eigenvalue weighted by molar-refractivity contribution is -0.137. The minimum Gasteiger partial charge on any atom is -0.481 e. The predicted molar refractivity (Wildman–Crippen MR) is 104 cm³/mol. The molecule has 0 aliphatic carbocycles. The van der Waals surface area contributed by atoms with Crippen LogP contribution in [0.3, 0.4) is 0 Å². The van der Waals surface area contributed by atoms with E-state index in [9.17, 15) is 9.59 Å². The third-order valence-corrected chi connectivity index (χ3v) is 4.59. The molecule has 27 heavy (non-hydrogen) atoms. The van der Waals surface area contributed by atoms with Crippen molar-refractivity contribution in [1.82, 2.24) is 15.1 Å². The first-order chi connectivity index (χ1) is 12.8. The number of carbonyl (C=O) groups excluding carboxylic acids is 1. The summed E-state index contributed by atoms with van der Waals surface area (Å²) < 4.78 is 2.00. The zero-order chi connectivity index (χ0) is 20.0. The van der Waals surface area contributed by atoms with E-state index in [4.69, 9.17) is 5.11 Å². The number of nitrogens with one attached hydrogen (secondary N) is 1. The third-order valence-electron chi connectivity index (χ3n) is 4.59. The summed E-state index contributed by atoms with van der Waals surface area (Å²) in [6, 6.07) is 8.68. The van der Waals surface area contributed by atoms with E-state index in [0.29, 0.717) is 18.8 Å². The van der Waals surface area contributed by atoms with Crippen LogP contribution in [0.25, 0.3) is 0 Å². The Bertz CT molecular complexity index is 781. The van der Waals surface area contributed by atoms with Crippen molar-refractivity contribution in [3.8, 4) is 0 Å². The van der Waals surface area contributed by atoms with Gasteiger partial charge in [0.05, 0.1) is 18.2 Å². The molecule has 6 nitrogen and oxygen atoms in total. The van der Waals surface area contributed by atoms with Crippen LogP contribution in [0.15, 0.2) is 30.3 Å². The Morgan fingerprint density at radius 1 is 1.19 bits per heavy atom. The number of carbonyl (C=O) groups is 2. The average molecular weight is 371 g/mol. The molecule has 2 aromatic rings. The van der Waals surface area contributed by atoms with Crippen molar-refractivity contribution in [2.45, 2.75) is 59.5 Å². The van der Waals surface area contributed by atoms with Gasteiger partial charge in [0.25, 0.3) is 0 Å². The largest absolute Gasteiger partial charge is 0.481 e. The highest BCUT2D eigenvalue weighted by atomic mass is 16.4. The molecule has 1 aromatic carbocycles. The minimum absolute atomic E-state index is 0.139. The first-order valence-electron chi connectivity index (χ1n) is 9.37. The molecule has 0 aliphatic rings. The van der Waals surface area contributed by atoms with Gasteiger partial charge in [0.2, 0.25) is 5.91 Å². The van der Waals surface area contributed by atoms with E-state index in [1.54, 1.807) is 0 Å². The fourth-order valence-electron chi connectivity index (χ4n) is 3.24. The molecule has 1 unspecified atom stereocenters. The Hall–Kier alpha value is -2.63. The number of benzene rings is 1. The summed E-state index contributed by atoms with van der Waals surface area (Å²) in [5.74, 6) is -0.590. The molecule has 0 saturated carbocycles. The first kappa shape index (κ1) is 20.7. The normalized spacial score (nSPS) is 12.2. The molecule has 0 fully saturated rings. The maximum absolute atomic E-state index is 12.5. The topological polar surface area (TPSA) is 84.2 Å². The number of aryl methyl sites for hydroxylation is 1. The molecule has 2 N–H and O–H groups in total. The van der Waals surface area contributed by atoms with E-state index in [-0.39, 0.29) is 12.3 Å². The third kappa shape index (κ3) is 5.94. The fraction of sp³-hybridized carbons (Fsp3) is 0.476. The summed E-state index contributed by atoms with van der Waals surface area (Å²) in [5.41, 5.74) is 3.94. The minimum atomic E-state index is -0.939. The van der Waals surface area contributed by atoms with Crippen molar-refractivity contribution in [3.63, 3.8) is 0 Å². The number of hydrogen-bond donors (Lipinski definition) is 2. The number of rotatable bonds is 9. The Morgan fingerprint density at radius 2 is 1.85 bits per heavy atom. The standard InChI is InChI=1S/C21H29N3O3/c1-14(2)13-24-16(4)18(15(3)23-24)10-11-20(25)22-19(12-21(26)27)17-8-6-5-7-9-17/h5-9,14,19H,10-13H2,1-4H3,(H,22,25)(H,26,27). The van der Waals surface area contributed by atoms with Crippen molar-refractivity contribution in [2.75, 3.05) is 0 Å². The van der Waals surface area contributed by atoms with Gasteiger partial charge in [-0.2, -0.15) is 5.10 Å². The molecule has 2 rings (SSSR count). The molecule has 0 aliphatic heterocycles. The lowest BCUT2D eigenvalue weighted by Crippen LogP contribution is -2.30. The average Bonchev–Trinajstić information content (AvgIpc) is 2.85. The maximum atomic E-state index is 12.5. The molecule has 1 amide bonds. The highest BCUT2D eigenvalue weighted by Crippen LogP contribution is 2.19. The van der Waals surface area contributed by atoms with Crippen molar-refractivity contribution < 1.29 is 14.7 Å². The van der Waals surface area contributed by atoms with E-state index in [0.717, 1.165) is 29.1 Å². The molecule has 0 bridgehead atoms. The Kier molecular flexibility index (Phi) is 7.16. The zero-order valence-corrected chi connectivity index (χ0v) is 16.5. The van der Waals surface area contributed by atoms with Crippen molar-refractivity contribution in [3.05, 3.63) is 52.8 Å². The number of aromatic nitrogens is 2. The lowest BCUT2D eigenvalue weighted by Gasteiger charge is -2.17. The van der Waals surface area contributed by atoms with Gasteiger partial charge in [0.1, 0.15) is 0 Å². The van der Waals surface area contributed by atoms with Crippen LogP contribution in [-0.4, -0.2) is 26.8 Å². The highest BCUT2D eigenvalue weighted by Gasteiger charge is 2.19. The van der Waals surface area contributed by atoms with E-state index < -0.39 is 12.0 Å². The molecule has 0 radical (unpaired) electrons. The zero-order valence-electron chi connectivity index (χ0n) is 16.5. The first-order valence-corrected chi connectivity index (χ1v) is 9.37. The van der Waals surface area contributed by atoms with Crippen molar-refractivity contribution in [1.29, 1.82) is 0 Å². The van der Waals surface area contributed by atoms with Crippen LogP contribution in [0.4, 0.5) is 0 Å². The van der Waals surface area contributed by atoms with Crippen LogP contribution >= 0.6 is 0 Å². The van der Waals surface area contributed by atoms with Crippen LogP contribution in [0.2, 0.25) is 0 Å². The van der Waals surface area contributed by atoms with Gasteiger partial charge in [0.15, 0.2) is 0 Å². The quantitative estimate of drug-likeness (QED) is 0.707. The molecule has 146 valence electrons. The van der Waals surface area contributed by atoms with Gasteiger partial charge in [-0.05, 0) is 37.3 Å². The summed E-state index contributed by atoms with van der Waals surface area (Å²) in [5, 5.41) is 16.6. The second-order valence-electron chi connectivity index (χ2n) is 7.35. The van der Waals surface area contributed by atoms with Crippen LogP contribution in [0.5, 0.6) is 0 Å². The number of hydrogen-bond acceptors (Lipinski definition) is 3. The van der Waals surface area contributed by atoms with Gasteiger partial charge in [0, 0.05) is 18.7 Å². The molecule has 1 aromatic heterocycles. The Balaban J connectivity index is 2.02. The second kappa shape index (κ2) is 9.35. The predicted octanol–water partition coefficient (Wildman–Crippen LogP) is 3.42. The molecule has 0 spiro atoms. The van der Waals surface area contributed by atoms with Gasteiger partial charge >= 0.3 is 5.97 Å². The summed E-state index contributed by atoms with van der Waals surface area (Å²) in [6.07, 6.45) is 0.758. The van der Waals surface area contributed by atoms with Crippen LogP contribution in [-0.2, 0) is 22.6 Å². The van der Waals surface area contributed by atoms with E-state index in [1.807, 2.05) is 48.9 Å². The van der Waals surface area contributed by atoms with E-state index >= 15 is 0 Å². The van der Waals surface area contributed by atoms with Crippen LogP contribution in [0, 0.1) is 19.8 Å². The molecule has 0 saturated heterocycles. The number of nitrogens with zero attached hydrogens (tertiary/aromatic N) is 2. The monoisotopic (exact) mass is 371 g/mol. The number of amides is 1. The van der Waals surface area contributed by atoms with Gasteiger partial charge in [-0.3, -0.25) is 14.3 Å². The highest BCUT2D eigenvalue weighted by molar-refractivity contribution is 5.78. The Labute approximate surface area is 160 Å². The van der Waals surface area contributed by atoms with E-state index in [1.165, 1.54) is 0 Å². The van der Waals surface area contributed by atoms with Crippen LogP contribution in [0.1, 0.15) is 55.2 Å². The van der Waals surface area contributed by atoms with Gasteiger partial charge in [-0.1, -0.05) is 44.2 Å². The number of carboxylic acids is 1. The second-order valence-corrected chi connectivity index (χ2v) is 7.35. The fourth-order valence-corrected chi connectivity index (χ4v) is 3.24. The molecule has 6 heteroatoms. The van der Waals surface area contributed by atoms with E-state index in [2.05, 4.69) is 24.3 Å². The molecular formula is C21H29N3O3. The molecule has 1 atom stereocenters. The summed E-state index contributed by atoms with van der Waals surface area (Å²) in [4.78, 5) is 23.6. The summed E-state index contributed by atoms with van der Waals surface area (Å²) in [7, 11) is 0. The molecular weight excluding hydrogens is 342 g/mol. The molecule has 1 heterocycles. The smallest absolute Gasteiger partial charge is 0.305 e. The van der Waals surface area contributed by atoms with Crippen LogP contribution < -0.4 is 5.32 Å². The number of aliphatic carboxylic acids is 1. The van der Waals surface area contributed by atoms with Gasteiger partial charge < -0.3 is 10.4 Å². The maximum Gasteiger partial charge on any atom is 0.305 e. The van der Waals surface area contributed by atoms with Crippen molar-refractivity contribution in [2.24, 2.45) is 5.92 Å². The number of carboxylic acid groups (broad SMARTS) is 1. The SMILES string of the molecule is Cc1nn(CC(C)C)c(C)c1CCC(=O)NC(CC(=O)O)c1ccccc1.